The molecule has 0 aromatic rings. The van der Waals surface area contributed by atoms with Crippen molar-refractivity contribution in [2.45, 2.75) is 200 Å². The minimum atomic E-state index is -0.999. The Balaban J connectivity index is 1.85. The van der Waals surface area contributed by atoms with Crippen molar-refractivity contribution in [3.8, 4) is 0 Å². The number of aliphatic hydroxyl groups is 1. The van der Waals surface area contributed by atoms with Crippen LogP contribution in [0.1, 0.15) is 181 Å². The SMILES string of the molecule is CC/C=C\CC1OC1C/C=C\C/C=C\C/C=C\C/C=C\CCC(=O)OC[C@H](O)COC(=O)CCCCCCCCCCCCCCCCCC(C)C. The molecule has 1 N–H and O–H groups in total. The molecule has 0 aromatic heterocycles. The van der Waals surface area contributed by atoms with Gasteiger partial charge in [-0.15, -0.1) is 0 Å². The molecular weight excluding hydrogens is 648 g/mol. The Morgan fingerprint density at radius 3 is 1.44 bits per heavy atom. The number of esters is 2. The van der Waals surface area contributed by atoms with E-state index < -0.39 is 6.10 Å². The number of carbonyl (C=O) groups is 2. The van der Waals surface area contributed by atoms with Crippen molar-refractivity contribution in [3.05, 3.63) is 60.8 Å². The van der Waals surface area contributed by atoms with Gasteiger partial charge < -0.3 is 19.3 Å². The maximum absolute atomic E-state index is 12.0. The maximum atomic E-state index is 12.0. The van der Waals surface area contributed by atoms with Gasteiger partial charge in [-0.1, -0.05) is 178 Å². The fourth-order valence-corrected chi connectivity index (χ4v) is 6.04. The quantitative estimate of drug-likeness (QED) is 0.0299. The molecule has 0 saturated carbocycles. The third-order valence-electron chi connectivity index (χ3n) is 9.36. The van der Waals surface area contributed by atoms with Gasteiger partial charge in [-0.05, 0) is 57.3 Å². The van der Waals surface area contributed by atoms with Crippen molar-refractivity contribution < 1.29 is 28.9 Å². The first-order chi connectivity index (χ1) is 25.4. The van der Waals surface area contributed by atoms with Gasteiger partial charge in [-0.2, -0.15) is 0 Å². The lowest BCUT2D eigenvalue weighted by atomic mass is 10.0. The minimum absolute atomic E-state index is 0.143. The second-order valence-electron chi connectivity index (χ2n) is 15.0. The van der Waals surface area contributed by atoms with Gasteiger partial charge in [0.1, 0.15) is 19.3 Å². The Morgan fingerprint density at radius 2 is 0.962 bits per heavy atom. The molecule has 3 atom stereocenters. The first kappa shape index (κ1) is 47.6. The van der Waals surface area contributed by atoms with Crippen molar-refractivity contribution in [1.82, 2.24) is 0 Å². The first-order valence-electron chi connectivity index (χ1n) is 21.3. The summed E-state index contributed by atoms with van der Waals surface area (Å²) >= 11 is 0. The van der Waals surface area contributed by atoms with E-state index in [1.807, 2.05) is 12.2 Å². The van der Waals surface area contributed by atoms with Gasteiger partial charge >= 0.3 is 11.9 Å². The number of rotatable bonds is 36. The lowest BCUT2D eigenvalue weighted by Gasteiger charge is -2.12. The van der Waals surface area contributed by atoms with E-state index in [1.165, 1.54) is 83.5 Å². The number of hydrogen-bond donors (Lipinski definition) is 1. The van der Waals surface area contributed by atoms with Crippen molar-refractivity contribution in [1.29, 1.82) is 0 Å². The second kappa shape index (κ2) is 35.6. The smallest absolute Gasteiger partial charge is 0.306 e. The topological polar surface area (TPSA) is 85.4 Å². The highest BCUT2D eigenvalue weighted by Gasteiger charge is 2.35. The summed E-state index contributed by atoms with van der Waals surface area (Å²) < 4.78 is 16.0. The molecule has 2 unspecified atom stereocenters. The zero-order valence-corrected chi connectivity index (χ0v) is 33.7. The Morgan fingerprint density at radius 1 is 0.558 bits per heavy atom. The van der Waals surface area contributed by atoms with Crippen LogP contribution < -0.4 is 0 Å². The molecule has 1 saturated heterocycles. The molecule has 52 heavy (non-hydrogen) atoms. The van der Waals surface area contributed by atoms with Gasteiger partial charge in [0, 0.05) is 12.8 Å². The number of ether oxygens (including phenoxy) is 3. The summed E-state index contributed by atoms with van der Waals surface area (Å²) in [5.41, 5.74) is 0. The summed E-state index contributed by atoms with van der Waals surface area (Å²) in [5.74, 6) is 0.188. The van der Waals surface area contributed by atoms with Crippen LogP contribution in [0.4, 0.5) is 0 Å². The van der Waals surface area contributed by atoms with Crippen molar-refractivity contribution in [2.24, 2.45) is 5.92 Å². The van der Waals surface area contributed by atoms with Gasteiger partial charge in [0.15, 0.2) is 0 Å². The molecule has 0 aromatic carbocycles. The maximum Gasteiger partial charge on any atom is 0.306 e. The molecule has 1 fully saturated rings. The van der Waals surface area contributed by atoms with Gasteiger partial charge in [-0.3, -0.25) is 9.59 Å². The highest BCUT2D eigenvalue weighted by Crippen LogP contribution is 2.29. The third kappa shape index (κ3) is 33.4. The molecule has 1 aliphatic rings. The highest BCUT2D eigenvalue weighted by molar-refractivity contribution is 5.70. The Labute approximate surface area is 319 Å². The van der Waals surface area contributed by atoms with Crippen LogP contribution in [0.3, 0.4) is 0 Å². The standard InChI is InChI=1S/C46H78O6/c1-4-5-29-35-43-44(52-43)36-31-26-22-18-14-11-12-16-20-24-28-33-38-46(49)51-40-42(47)39-50-45(48)37-32-27-23-19-15-10-8-6-7-9-13-17-21-25-30-34-41(2)3/h5,12,14,16,18,24,26,28-29,31,41-44,47H,4,6-11,13,15,17,19-23,25,27,30,32-40H2,1-3H3/b16-12-,18-14-,28-24-,29-5-,31-26-/t42-,43?,44?/m1/s1. The van der Waals surface area contributed by atoms with Crippen molar-refractivity contribution >= 4 is 11.9 Å². The monoisotopic (exact) mass is 727 g/mol. The fourth-order valence-electron chi connectivity index (χ4n) is 6.04. The van der Waals surface area contributed by atoms with Crippen LogP contribution in [0, 0.1) is 5.92 Å². The second-order valence-corrected chi connectivity index (χ2v) is 15.0. The van der Waals surface area contributed by atoms with E-state index in [0.717, 1.165) is 63.7 Å². The molecule has 6 heteroatoms. The Hall–Kier alpha value is -2.44. The fraction of sp³-hybridized carbons (Fsp3) is 0.739. The Bertz CT molecular complexity index is 993. The molecule has 0 amide bonds. The molecule has 6 nitrogen and oxygen atoms in total. The molecule has 298 valence electrons. The van der Waals surface area contributed by atoms with Crippen LogP contribution in [0.25, 0.3) is 0 Å². The normalized spacial score (nSPS) is 16.8. The summed E-state index contributed by atoms with van der Waals surface area (Å²) in [5, 5.41) is 10.0. The predicted molar refractivity (Wildman–Crippen MR) is 218 cm³/mol. The number of aliphatic hydroxyl groups excluding tert-OH is 1. The summed E-state index contributed by atoms with van der Waals surface area (Å²) in [6.07, 6.45) is 49.0. The predicted octanol–water partition coefficient (Wildman–Crippen LogP) is 12.4. The molecular formula is C46H78O6. The highest BCUT2D eigenvalue weighted by atomic mass is 16.6. The summed E-state index contributed by atoms with van der Waals surface area (Å²) in [6, 6.07) is 0. The average Bonchev–Trinajstić information content (AvgIpc) is 3.88. The number of allylic oxidation sites excluding steroid dienone is 8. The van der Waals surface area contributed by atoms with Gasteiger partial charge in [-0.25, -0.2) is 0 Å². The van der Waals surface area contributed by atoms with Gasteiger partial charge in [0.2, 0.25) is 0 Å². The van der Waals surface area contributed by atoms with Crippen LogP contribution in [0.5, 0.6) is 0 Å². The van der Waals surface area contributed by atoms with E-state index in [9.17, 15) is 14.7 Å². The van der Waals surface area contributed by atoms with Crippen LogP contribution in [0.15, 0.2) is 60.8 Å². The number of epoxide rings is 1. The van der Waals surface area contributed by atoms with E-state index in [1.54, 1.807) is 0 Å². The van der Waals surface area contributed by atoms with Gasteiger partial charge in [0.25, 0.3) is 0 Å². The zero-order valence-electron chi connectivity index (χ0n) is 33.7. The Kier molecular flexibility index (Phi) is 32.6. The number of carbonyl (C=O) groups excluding carboxylic acids is 2. The van der Waals surface area contributed by atoms with Crippen molar-refractivity contribution in [3.63, 3.8) is 0 Å². The van der Waals surface area contributed by atoms with Crippen LogP contribution in [-0.2, 0) is 23.8 Å². The van der Waals surface area contributed by atoms with E-state index in [-0.39, 0.29) is 31.6 Å². The first-order valence-corrected chi connectivity index (χ1v) is 21.3. The lowest BCUT2D eigenvalue weighted by Crippen LogP contribution is -2.25. The van der Waals surface area contributed by atoms with Crippen LogP contribution >= 0.6 is 0 Å². The average molecular weight is 727 g/mol. The minimum Gasteiger partial charge on any atom is -0.463 e. The van der Waals surface area contributed by atoms with Gasteiger partial charge in [0.05, 0.1) is 12.2 Å². The van der Waals surface area contributed by atoms with E-state index in [2.05, 4.69) is 69.4 Å². The summed E-state index contributed by atoms with van der Waals surface area (Å²) in [7, 11) is 0. The summed E-state index contributed by atoms with van der Waals surface area (Å²) in [6.45, 7) is 6.48. The molecule has 0 spiro atoms. The number of unbranched alkanes of at least 4 members (excludes halogenated alkanes) is 14. The van der Waals surface area contributed by atoms with Crippen molar-refractivity contribution in [2.75, 3.05) is 13.2 Å². The molecule has 1 rings (SSSR count). The summed E-state index contributed by atoms with van der Waals surface area (Å²) in [4.78, 5) is 24.0. The van der Waals surface area contributed by atoms with E-state index >= 15 is 0 Å². The largest absolute Gasteiger partial charge is 0.463 e. The third-order valence-corrected chi connectivity index (χ3v) is 9.36. The zero-order chi connectivity index (χ0) is 37.7. The molecule has 0 radical (unpaired) electrons. The molecule has 1 aliphatic heterocycles. The van der Waals surface area contributed by atoms with Crippen LogP contribution in [-0.4, -0.2) is 48.6 Å². The van der Waals surface area contributed by atoms with E-state index in [0.29, 0.717) is 25.0 Å². The molecule has 0 bridgehead atoms. The number of hydrogen-bond acceptors (Lipinski definition) is 6. The van der Waals surface area contributed by atoms with Crippen LogP contribution in [0.2, 0.25) is 0 Å². The lowest BCUT2D eigenvalue weighted by molar-refractivity contribution is -0.152. The van der Waals surface area contributed by atoms with E-state index in [4.69, 9.17) is 14.2 Å². The molecule has 1 heterocycles. The molecule has 0 aliphatic carbocycles.